The summed E-state index contributed by atoms with van der Waals surface area (Å²) in [6.45, 7) is 4.16. The van der Waals surface area contributed by atoms with Crippen molar-refractivity contribution in [2.45, 2.75) is 19.9 Å². The third kappa shape index (κ3) is 2.45. The predicted octanol–water partition coefficient (Wildman–Crippen LogP) is 2.83. The number of methoxy groups -OCH3 is 1. The van der Waals surface area contributed by atoms with Gasteiger partial charge in [-0.25, -0.2) is 0 Å². The summed E-state index contributed by atoms with van der Waals surface area (Å²) < 4.78 is 5.09. The van der Waals surface area contributed by atoms with E-state index in [0.717, 1.165) is 5.69 Å². The number of hydrogen-bond donors (Lipinski definition) is 0. The molecule has 0 heterocycles. The topological polar surface area (TPSA) is 12.5 Å². The fourth-order valence-electron chi connectivity index (χ4n) is 1.30. The van der Waals surface area contributed by atoms with Crippen molar-refractivity contribution >= 4 is 23.1 Å². The third-order valence-electron chi connectivity index (χ3n) is 1.92. The minimum atomic E-state index is 0.296. The van der Waals surface area contributed by atoms with Crippen LogP contribution in [-0.4, -0.2) is 18.3 Å². The molecule has 1 aromatic carbocycles. The normalized spacial score (nSPS) is 10.0. The lowest BCUT2D eigenvalue weighted by atomic mass is 10.2. The fraction of sp³-hybridized carbons (Fsp3) is 0.364. The van der Waals surface area contributed by atoms with Gasteiger partial charge in [0.1, 0.15) is 0 Å². The molecular formula is C11H15NOS. The quantitative estimate of drug-likeness (QED) is 0.695. The third-order valence-corrected chi connectivity index (χ3v) is 2.29. The van der Waals surface area contributed by atoms with E-state index in [2.05, 4.69) is 13.8 Å². The molecule has 0 saturated heterocycles. The lowest BCUT2D eigenvalue weighted by molar-refractivity contribution is 0.399. The molecule has 0 aliphatic carbocycles. The molecule has 14 heavy (non-hydrogen) atoms. The van der Waals surface area contributed by atoms with Gasteiger partial charge in [-0.1, -0.05) is 18.2 Å². The van der Waals surface area contributed by atoms with Crippen LogP contribution in [0.5, 0.6) is 0 Å². The molecule has 1 aromatic rings. The van der Waals surface area contributed by atoms with Crippen molar-refractivity contribution in [2.24, 2.45) is 0 Å². The maximum atomic E-state index is 5.14. The molecule has 0 aliphatic heterocycles. The minimum Gasteiger partial charge on any atom is -0.474 e. The second-order valence-electron chi connectivity index (χ2n) is 3.27. The van der Waals surface area contributed by atoms with Gasteiger partial charge in [-0.2, -0.15) is 0 Å². The Labute approximate surface area is 90.5 Å². The summed E-state index contributed by atoms with van der Waals surface area (Å²) in [7, 11) is 1.60. The van der Waals surface area contributed by atoms with E-state index in [-0.39, 0.29) is 0 Å². The van der Waals surface area contributed by atoms with Crippen LogP contribution in [0.3, 0.4) is 0 Å². The Hall–Kier alpha value is -1.09. The largest absolute Gasteiger partial charge is 0.474 e. The van der Waals surface area contributed by atoms with Gasteiger partial charge in [0.2, 0.25) is 0 Å². The van der Waals surface area contributed by atoms with Crippen LogP contribution in [0.4, 0.5) is 5.69 Å². The van der Waals surface area contributed by atoms with Gasteiger partial charge in [0.05, 0.1) is 7.11 Å². The number of anilines is 1. The van der Waals surface area contributed by atoms with Crippen LogP contribution < -0.4 is 4.90 Å². The zero-order valence-electron chi connectivity index (χ0n) is 8.73. The molecule has 3 heteroatoms. The van der Waals surface area contributed by atoms with Crippen molar-refractivity contribution < 1.29 is 4.74 Å². The zero-order chi connectivity index (χ0) is 10.6. The first kappa shape index (κ1) is 11.0. The average molecular weight is 209 g/mol. The summed E-state index contributed by atoms with van der Waals surface area (Å²) in [5.41, 5.74) is 1.06. The van der Waals surface area contributed by atoms with Crippen LogP contribution in [0.25, 0.3) is 0 Å². The molecule has 76 valence electrons. The number of thiocarbonyl (C=S) groups is 1. The van der Waals surface area contributed by atoms with Gasteiger partial charge >= 0.3 is 0 Å². The Bertz CT molecular complexity index is 297. The lowest BCUT2D eigenvalue weighted by Crippen LogP contribution is -2.36. The van der Waals surface area contributed by atoms with Crippen molar-refractivity contribution in [3.8, 4) is 0 Å². The zero-order valence-corrected chi connectivity index (χ0v) is 9.54. The number of rotatable bonds is 2. The molecule has 0 bridgehead atoms. The molecular weight excluding hydrogens is 194 g/mol. The molecule has 0 fully saturated rings. The first-order chi connectivity index (χ1) is 6.66. The molecule has 0 aromatic heterocycles. The lowest BCUT2D eigenvalue weighted by Gasteiger charge is -2.27. The van der Waals surface area contributed by atoms with Crippen LogP contribution in [0.15, 0.2) is 30.3 Å². The Kier molecular flexibility index (Phi) is 3.89. The summed E-state index contributed by atoms with van der Waals surface area (Å²) in [6.07, 6.45) is 0. The van der Waals surface area contributed by atoms with Crippen molar-refractivity contribution in [2.75, 3.05) is 12.0 Å². The number of ether oxygens (including phenoxy) is 1. The predicted molar refractivity (Wildman–Crippen MR) is 63.7 cm³/mol. The summed E-state index contributed by atoms with van der Waals surface area (Å²) in [5, 5.41) is 0.506. The Balaban J connectivity index is 2.95. The van der Waals surface area contributed by atoms with E-state index in [1.165, 1.54) is 0 Å². The van der Waals surface area contributed by atoms with Crippen LogP contribution >= 0.6 is 12.2 Å². The summed E-state index contributed by atoms with van der Waals surface area (Å²) in [5.74, 6) is 0. The van der Waals surface area contributed by atoms with Gasteiger partial charge in [0.15, 0.2) is 0 Å². The Morgan fingerprint density at radius 1 is 1.29 bits per heavy atom. The van der Waals surface area contributed by atoms with Gasteiger partial charge in [0, 0.05) is 11.7 Å². The molecule has 0 aliphatic rings. The number of benzene rings is 1. The monoisotopic (exact) mass is 209 g/mol. The fourth-order valence-corrected chi connectivity index (χ4v) is 1.62. The highest BCUT2D eigenvalue weighted by atomic mass is 32.1. The van der Waals surface area contributed by atoms with E-state index in [1.807, 2.05) is 35.2 Å². The summed E-state index contributed by atoms with van der Waals surface area (Å²) in [6, 6.07) is 10.3. The molecule has 0 unspecified atom stereocenters. The maximum absolute atomic E-state index is 5.14. The van der Waals surface area contributed by atoms with E-state index >= 15 is 0 Å². The van der Waals surface area contributed by atoms with Crippen molar-refractivity contribution in [1.82, 2.24) is 0 Å². The molecule has 0 amide bonds. The molecule has 1 rings (SSSR count). The molecule has 0 saturated carbocycles. The smallest absolute Gasteiger partial charge is 0.263 e. The first-order valence-electron chi connectivity index (χ1n) is 4.59. The molecule has 0 spiro atoms. The molecule has 0 atom stereocenters. The van der Waals surface area contributed by atoms with Crippen LogP contribution in [0.1, 0.15) is 13.8 Å². The van der Waals surface area contributed by atoms with E-state index in [0.29, 0.717) is 11.2 Å². The van der Waals surface area contributed by atoms with Gasteiger partial charge in [0.25, 0.3) is 5.17 Å². The highest BCUT2D eigenvalue weighted by Crippen LogP contribution is 2.17. The Morgan fingerprint density at radius 3 is 2.29 bits per heavy atom. The van der Waals surface area contributed by atoms with Crippen LogP contribution in [0.2, 0.25) is 0 Å². The highest BCUT2D eigenvalue weighted by molar-refractivity contribution is 7.80. The van der Waals surface area contributed by atoms with Crippen LogP contribution in [-0.2, 0) is 4.74 Å². The number of para-hydroxylation sites is 1. The van der Waals surface area contributed by atoms with Gasteiger partial charge in [-0.3, -0.25) is 0 Å². The molecule has 0 N–H and O–H groups in total. The van der Waals surface area contributed by atoms with E-state index in [1.54, 1.807) is 7.11 Å². The average Bonchev–Trinajstić information content (AvgIpc) is 2.19. The van der Waals surface area contributed by atoms with Gasteiger partial charge in [-0.05, 0) is 38.2 Å². The standard InChI is InChI=1S/C11H15NOS/c1-9(2)12(11(14)13-3)10-7-5-4-6-8-10/h4-9H,1-3H3. The first-order valence-corrected chi connectivity index (χ1v) is 5.00. The van der Waals surface area contributed by atoms with Crippen molar-refractivity contribution in [1.29, 1.82) is 0 Å². The number of nitrogens with zero attached hydrogens (tertiary/aromatic N) is 1. The SMILES string of the molecule is COC(=S)N(c1ccccc1)C(C)C. The number of hydrogen-bond acceptors (Lipinski definition) is 2. The van der Waals surface area contributed by atoms with E-state index < -0.39 is 0 Å². The molecule has 0 radical (unpaired) electrons. The van der Waals surface area contributed by atoms with E-state index in [4.69, 9.17) is 17.0 Å². The maximum Gasteiger partial charge on any atom is 0.263 e. The Morgan fingerprint density at radius 2 is 1.86 bits per heavy atom. The second-order valence-corrected chi connectivity index (χ2v) is 3.62. The summed E-state index contributed by atoms with van der Waals surface area (Å²) in [4.78, 5) is 1.98. The second kappa shape index (κ2) is 4.96. The van der Waals surface area contributed by atoms with Crippen molar-refractivity contribution in [3.63, 3.8) is 0 Å². The highest BCUT2D eigenvalue weighted by Gasteiger charge is 2.15. The van der Waals surface area contributed by atoms with E-state index in [9.17, 15) is 0 Å². The minimum absolute atomic E-state index is 0.296. The van der Waals surface area contributed by atoms with Crippen molar-refractivity contribution in [3.05, 3.63) is 30.3 Å². The van der Waals surface area contributed by atoms with Crippen LogP contribution in [0, 0.1) is 0 Å². The summed E-state index contributed by atoms with van der Waals surface area (Å²) >= 11 is 5.14. The van der Waals surface area contributed by atoms with Gasteiger partial charge in [-0.15, -0.1) is 0 Å². The van der Waals surface area contributed by atoms with Gasteiger partial charge < -0.3 is 9.64 Å². The molecule has 2 nitrogen and oxygen atoms in total.